The maximum absolute atomic E-state index is 10.2. The topological polar surface area (TPSA) is 82.1 Å². The standard InChI is InChI=1S/C16H34O6S.Na/c1-2-3-4-5-6-7-8-9-10-11-12-20-13-14-21-15-16-22-23(17,18)19;/h2-16H2,1H3,(H,17,18,19);/q;+1. The fourth-order valence-corrected chi connectivity index (χ4v) is 2.49. The Hall–Kier alpha value is 0.790. The van der Waals surface area contributed by atoms with Crippen LogP contribution >= 0.6 is 0 Å². The molecule has 0 aliphatic heterocycles. The van der Waals surface area contributed by atoms with Gasteiger partial charge in [-0.15, -0.1) is 0 Å². The summed E-state index contributed by atoms with van der Waals surface area (Å²) in [5.41, 5.74) is 0. The molecule has 0 radical (unpaired) electrons. The van der Waals surface area contributed by atoms with Crippen LogP contribution in [0.1, 0.15) is 71.1 Å². The molecule has 0 aliphatic rings. The smallest absolute Gasteiger partial charge is 0.379 e. The fourth-order valence-electron chi connectivity index (χ4n) is 2.21. The van der Waals surface area contributed by atoms with E-state index in [4.69, 9.17) is 14.0 Å². The molecule has 0 fully saturated rings. The minimum Gasteiger partial charge on any atom is -0.379 e. The summed E-state index contributed by atoms with van der Waals surface area (Å²) >= 11 is 0. The summed E-state index contributed by atoms with van der Waals surface area (Å²) in [6, 6.07) is 0. The molecule has 140 valence electrons. The normalized spacial score (nSPS) is 11.4. The zero-order valence-electron chi connectivity index (χ0n) is 15.5. The summed E-state index contributed by atoms with van der Waals surface area (Å²) in [6.45, 7) is 3.79. The fraction of sp³-hybridized carbons (Fsp3) is 1.00. The van der Waals surface area contributed by atoms with Crippen LogP contribution in [-0.2, 0) is 24.1 Å². The predicted octanol–water partition coefficient (Wildman–Crippen LogP) is 0.764. The van der Waals surface area contributed by atoms with Crippen LogP contribution in [0, 0.1) is 0 Å². The molecule has 0 bridgehead atoms. The zero-order valence-corrected chi connectivity index (χ0v) is 18.3. The zero-order chi connectivity index (χ0) is 17.2. The first kappa shape index (κ1) is 27.0. The first-order valence-corrected chi connectivity index (χ1v) is 10.2. The van der Waals surface area contributed by atoms with Crippen molar-refractivity contribution in [3.05, 3.63) is 0 Å². The quantitative estimate of drug-likeness (QED) is 0.216. The third kappa shape index (κ3) is 25.0. The van der Waals surface area contributed by atoms with E-state index in [1.807, 2.05) is 0 Å². The third-order valence-electron chi connectivity index (χ3n) is 3.47. The SMILES string of the molecule is CCCCCCCCCCCCOCCOCCOS(=O)(=O)O.[Na+]. The molecule has 0 aromatic rings. The van der Waals surface area contributed by atoms with Crippen LogP contribution in [0.5, 0.6) is 0 Å². The van der Waals surface area contributed by atoms with E-state index < -0.39 is 10.4 Å². The minimum atomic E-state index is -4.36. The Kier molecular flexibility index (Phi) is 22.6. The molecular weight excluding hydrogens is 343 g/mol. The van der Waals surface area contributed by atoms with Gasteiger partial charge in [0.25, 0.3) is 0 Å². The first-order valence-electron chi connectivity index (χ1n) is 8.83. The molecule has 0 aromatic carbocycles. The van der Waals surface area contributed by atoms with Crippen LogP contribution in [0.4, 0.5) is 0 Å². The number of rotatable bonds is 18. The Balaban J connectivity index is 0. The van der Waals surface area contributed by atoms with Crippen LogP contribution in [0.25, 0.3) is 0 Å². The molecule has 0 atom stereocenters. The molecule has 0 spiro atoms. The van der Waals surface area contributed by atoms with Crippen LogP contribution in [0.3, 0.4) is 0 Å². The molecule has 6 nitrogen and oxygen atoms in total. The summed E-state index contributed by atoms with van der Waals surface area (Å²) in [7, 11) is -4.36. The van der Waals surface area contributed by atoms with Gasteiger partial charge in [-0.05, 0) is 6.42 Å². The summed E-state index contributed by atoms with van der Waals surface area (Å²) < 4.78 is 43.4. The van der Waals surface area contributed by atoms with Gasteiger partial charge >= 0.3 is 40.0 Å². The van der Waals surface area contributed by atoms with E-state index in [1.165, 1.54) is 57.8 Å². The maximum Gasteiger partial charge on any atom is 1.00 e. The van der Waals surface area contributed by atoms with Crippen molar-refractivity contribution in [3.63, 3.8) is 0 Å². The molecule has 0 amide bonds. The molecule has 1 N–H and O–H groups in total. The largest absolute Gasteiger partial charge is 1.00 e. The average Bonchev–Trinajstić information content (AvgIpc) is 2.49. The van der Waals surface area contributed by atoms with Gasteiger partial charge in [0.1, 0.15) is 0 Å². The maximum atomic E-state index is 10.2. The molecule has 0 aliphatic carbocycles. The Morgan fingerprint density at radius 1 is 0.667 bits per heavy atom. The van der Waals surface area contributed by atoms with Gasteiger partial charge in [0, 0.05) is 6.61 Å². The summed E-state index contributed by atoms with van der Waals surface area (Å²) in [6.07, 6.45) is 13.0. The van der Waals surface area contributed by atoms with Gasteiger partial charge in [0.2, 0.25) is 0 Å². The Morgan fingerprint density at radius 3 is 1.58 bits per heavy atom. The second-order valence-electron chi connectivity index (χ2n) is 5.66. The second kappa shape index (κ2) is 20.1. The van der Waals surface area contributed by atoms with Gasteiger partial charge in [-0.1, -0.05) is 64.7 Å². The predicted molar refractivity (Wildman–Crippen MR) is 91.0 cm³/mol. The van der Waals surface area contributed by atoms with Crippen molar-refractivity contribution in [1.82, 2.24) is 0 Å². The molecule has 0 saturated heterocycles. The van der Waals surface area contributed by atoms with Crippen molar-refractivity contribution in [2.75, 3.05) is 33.0 Å². The van der Waals surface area contributed by atoms with Gasteiger partial charge in [0.05, 0.1) is 26.4 Å². The van der Waals surface area contributed by atoms with Crippen LogP contribution in [-0.4, -0.2) is 46.0 Å². The molecule has 8 heteroatoms. The van der Waals surface area contributed by atoms with Crippen LogP contribution in [0.15, 0.2) is 0 Å². The summed E-state index contributed by atoms with van der Waals surface area (Å²) in [5, 5.41) is 0. The van der Waals surface area contributed by atoms with Gasteiger partial charge in [-0.3, -0.25) is 4.55 Å². The van der Waals surface area contributed by atoms with Crippen LogP contribution < -0.4 is 29.6 Å². The Morgan fingerprint density at radius 2 is 1.08 bits per heavy atom. The van der Waals surface area contributed by atoms with Crippen molar-refractivity contribution < 1.29 is 56.2 Å². The van der Waals surface area contributed by atoms with E-state index >= 15 is 0 Å². The monoisotopic (exact) mass is 377 g/mol. The van der Waals surface area contributed by atoms with Crippen molar-refractivity contribution in [1.29, 1.82) is 0 Å². The Labute approximate surface area is 170 Å². The Bertz CT molecular complexity index is 337. The summed E-state index contributed by atoms with van der Waals surface area (Å²) in [4.78, 5) is 0. The van der Waals surface area contributed by atoms with E-state index in [9.17, 15) is 8.42 Å². The number of hydrogen-bond donors (Lipinski definition) is 1. The minimum absolute atomic E-state index is 0. The van der Waals surface area contributed by atoms with Crippen LogP contribution in [0.2, 0.25) is 0 Å². The molecule has 0 heterocycles. The first-order chi connectivity index (χ1) is 11.1. The van der Waals surface area contributed by atoms with Crippen molar-refractivity contribution >= 4 is 10.4 Å². The van der Waals surface area contributed by atoms with Crippen molar-refractivity contribution in [3.8, 4) is 0 Å². The number of unbranched alkanes of at least 4 members (excludes halogenated alkanes) is 9. The van der Waals surface area contributed by atoms with E-state index in [1.54, 1.807) is 0 Å². The molecule has 0 unspecified atom stereocenters. The van der Waals surface area contributed by atoms with E-state index in [0.717, 1.165) is 13.0 Å². The number of hydrogen-bond acceptors (Lipinski definition) is 5. The molecule has 0 aromatic heterocycles. The molecule has 0 saturated carbocycles. The van der Waals surface area contributed by atoms with E-state index in [-0.39, 0.29) is 42.8 Å². The van der Waals surface area contributed by atoms with Gasteiger partial charge in [0.15, 0.2) is 0 Å². The molecular formula is C16H34NaO6S+. The molecule has 24 heavy (non-hydrogen) atoms. The molecule has 0 rings (SSSR count). The van der Waals surface area contributed by atoms with E-state index in [0.29, 0.717) is 13.2 Å². The van der Waals surface area contributed by atoms with Gasteiger partial charge in [-0.2, -0.15) is 8.42 Å². The van der Waals surface area contributed by atoms with Crippen molar-refractivity contribution in [2.45, 2.75) is 71.1 Å². The van der Waals surface area contributed by atoms with E-state index in [2.05, 4.69) is 11.1 Å². The van der Waals surface area contributed by atoms with Crippen molar-refractivity contribution in [2.24, 2.45) is 0 Å². The van der Waals surface area contributed by atoms with Gasteiger partial charge < -0.3 is 9.47 Å². The average molecular weight is 377 g/mol. The third-order valence-corrected chi connectivity index (χ3v) is 3.94. The van der Waals surface area contributed by atoms with Gasteiger partial charge in [-0.25, -0.2) is 4.18 Å². The summed E-state index contributed by atoms with van der Waals surface area (Å²) in [5.74, 6) is 0. The second-order valence-corrected chi connectivity index (χ2v) is 6.75. The number of ether oxygens (including phenoxy) is 2.